The summed E-state index contributed by atoms with van der Waals surface area (Å²) >= 11 is 0. The van der Waals surface area contributed by atoms with Gasteiger partial charge in [-0.2, -0.15) is 4.31 Å². The average Bonchev–Trinajstić information content (AvgIpc) is 3.05. The predicted molar refractivity (Wildman–Crippen MR) is 93.0 cm³/mol. The molecule has 1 heterocycles. The summed E-state index contributed by atoms with van der Waals surface area (Å²) in [5.74, 6) is -0.440. The van der Waals surface area contributed by atoms with Crippen molar-refractivity contribution in [2.24, 2.45) is 0 Å². The Balaban J connectivity index is 2.01. The Bertz CT molecular complexity index is 819. The lowest BCUT2D eigenvalue weighted by atomic mass is 10.0. The number of hydrogen-bond acceptors (Lipinski definition) is 3. The van der Waals surface area contributed by atoms with Gasteiger partial charge in [0.05, 0.1) is 10.9 Å². The number of hydrogen-bond donors (Lipinski definition) is 0. The van der Waals surface area contributed by atoms with Gasteiger partial charge >= 0.3 is 0 Å². The van der Waals surface area contributed by atoms with Gasteiger partial charge in [0.25, 0.3) is 0 Å². The Kier molecular flexibility index (Phi) is 4.60. The predicted octanol–water partition coefficient (Wildman–Crippen LogP) is 3.42. The molecule has 2 aromatic carbocycles. The first-order valence-corrected chi connectivity index (χ1v) is 9.39. The van der Waals surface area contributed by atoms with Crippen LogP contribution in [-0.4, -0.2) is 33.4 Å². The van der Waals surface area contributed by atoms with E-state index in [9.17, 15) is 12.8 Å². The van der Waals surface area contributed by atoms with E-state index in [4.69, 9.17) is 0 Å². The zero-order valence-corrected chi connectivity index (χ0v) is 14.6. The number of sulfonamides is 1. The molecule has 1 aliphatic heterocycles. The molecule has 0 aromatic heterocycles. The van der Waals surface area contributed by atoms with Crippen molar-refractivity contribution in [2.45, 2.75) is 23.8 Å². The van der Waals surface area contributed by atoms with Crippen LogP contribution in [0.2, 0.25) is 0 Å². The Hall–Kier alpha value is -1.92. The lowest BCUT2D eigenvalue weighted by Crippen LogP contribution is -2.31. The number of halogens is 1. The van der Waals surface area contributed by atoms with E-state index in [1.54, 1.807) is 4.31 Å². The summed E-state index contributed by atoms with van der Waals surface area (Å²) in [6.07, 6.45) is 1.60. The van der Waals surface area contributed by atoms with Crippen LogP contribution in [0.4, 0.5) is 10.1 Å². The van der Waals surface area contributed by atoms with E-state index >= 15 is 0 Å². The van der Waals surface area contributed by atoms with Crippen LogP contribution in [0.3, 0.4) is 0 Å². The normalized spacial score (nSPS) is 18.7. The van der Waals surface area contributed by atoms with Crippen molar-refractivity contribution in [2.75, 3.05) is 25.5 Å². The minimum atomic E-state index is -3.65. The van der Waals surface area contributed by atoms with Crippen molar-refractivity contribution < 1.29 is 12.8 Å². The summed E-state index contributed by atoms with van der Waals surface area (Å²) in [5, 5.41) is 0. The summed E-state index contributed by atoms with van der Waals surface area (Å²) in [7, 11) is 0.255. The van der Waals surface area contributed by atoms with Crippen molar-refractivity contribution in [3.8, 4) is 0 Å². The highest BCUT2D eigenvalue weighted by molar-refractivity contribution is 7.89. The molecular weight excluding hydrogens is 327 g/mol. The molecule has 1 atom stereocenters. The molecule has 0 saturated carbocycles. The second-order valence-electron chi connectivity index (χ2n) is 6.18. The molecule has 24 heavy (non-hydrogen) atoms. The minimum absolute atomic E-state index is 0.137. The highest BCUT2D eigenvalue weighted by atomic mass is 32.2. The van der Waals surface area contributed by atoms with E-state index < -0.39 is 15.8 Å². The quantitative estimate of drug-likeness (QED) is 0.850. The maximum Gasteiger partial charge on any atom is 0.243 e. The summed E-state index contributed by atoms with van der Waals surface area (Å²) < 4.78 is 40.7. The number of benzene rings is 2. The van der Waals surface area contributed by atoms with Crippen LogP contribution in [0.5, 0.6) is 0 Å². The second kappa shape index (κ2) is 6.53. The molecule has 1 aliphatic rings. The minimum Gasteiger partial charge on any atom is -0.377 e. The average molecular weight is 348 g/mol. The number of nitrogens with zero attached hydrogens (tertiary/aromatic N) is 2. The fourth-order valence-electron chi connectivity index (χ4n) is 3.26. The molecule has 2 aromatic rings. The molecule has 6 heteroatoms. The van der Waals surface area contributed by atoms with Crippen molar-refractivity contribution in [1.82, 2.24) is 4.31 Å². The summed E-state index contributed by atoms with van der Waals surface area (Å²) in [5.41, 5.74) is 2.02. The van der Waals surface area contributed by atoms with Crippen molar-refractivity contribution >= 4 is 15.7 Å². The molecule has 1 fully saturated rings. The zero-order valence-electron chi connectivity index (χ0n) is 13.8. The van der Waals surface area contributed by atoms with Crippen LogP contribution >= 0.6 is 0 Å². The van der Waals surface area contributed by atoms with Crippen LogP contribution in [-0.2, 0) is 10.0 Å². The van der Waals surface area contributed by atoms with Gasteiger partial charge in [0.1, 0.15) is 5.82 Å². The van der Waals surface area contributed by atoms with Gasteiger partial charge in [0, 0.05) is 26.3 Å². The third-order valence-corrected chi connectivity index (χ3v) is 6.32. The van der Waals surface area contributed by atoms with Gasteiger partial charge in [-0.05, 0) is 48.7 Å². The topological polar surface area (TPSA) is 40.6 Å². The maximum atomic E-state index is 13.1. The summed E-state index contributed by atoms with van der Waals surface area (Å²) in [4.78, 5) is 2.13. The fraction of sp³-hybridized carbons (Fsp3) is 0.333. The Labute approximate surface area is 142 Å². The van der Waals surface area contributed by atoms with E-state index in [-0.39, 0.29) is 10.9 Å². The maximum absolute atomic E-state index is 13.1. The van der Waals surface area contributed by atoms with Crippen molar-refractivity contribution in [3.63, 3.8) is 0 Å². The molecule has 0 N–H and O–H groups in total. The van der Waals surface area contributed by atoms with Crippen LogP contribution in [0.15, 0.2) is 53.4 Å². The van der Waals surface area contributed by atoms with Crippen LogP contribution < -0.4 is 4.90 Å². The zero-order chi connectivity index (χ0) is 17.3. The largest absolute Gasteiger partial charge is 0.377 e. The molecular formula is C18H21FN2O2S. The fourth-order valence-corrected chi connectivity index (χ4v) is 4.93. The third kappa shape index (κ3) is 3.03. The van der Waals surface area contributed by atoms with Gasteiger partial charge in [0.15, 0.2) is 0 Å². The molecule has 0 radical (unpaired) electrons. The van der Waals surface area contributed by atoms with Crippen LogP contribution in [0, 0.1) is 5.82 Å². The van der Waals surface area contributed by atoms with Crippen LogP contribution in [0.1, 0.15) is 24.4 Å². The van der Waals surface area contributed by atoms with Gasteiger partial charge in [-0.15, -0.1) is 0 Å². The Morgan fingerprint density at radius 1 is 1.08 bits per heavy atom. The second-order valence-corrected chi connectivity index (χ2v) is 8.07. The lowest BCUT2D eigenvalue weighted by Gasteiger charge is -2.28. The first kappa shape index (κ1) is 16.9. The summed E-state index contributed by atoms with van der Waals surface area (Å²) in [6, 6.07) is 12.7. The van der Waals surface area contributed by atoms with E-state index in [1.165, 1.54) is 24.3 Å². The van der Waals surface area contributed by atoms with E-state index in [2.05, 4.69) is 0 Å². The molecule has 0 aliphatic carbocycles. The van der Waals surface area contributed by atoms with E-state index in [0.29, 0.717) is 6.54 Å². The number of anilines is 1. The van der Waals surface area contributed by atoms with Gasteiger partial charge < -0.3 is 4.90 Å². The third-order valence-electron chi connectivity index (χ3n) is 4.40. The monoisotopic (exact) mass is 348 g/mol. The molecule has 4 nitrogen and oxygen atoms in total. The first-order chi connectivity index (χ1) is 11.4. The number of para-hydroxylation sites is 1. The highest BCUT2D eigenvalue weighted by Crippen LogP contribution is 2.40. The van der Waals surface area contributed by atoms with Gasteiger partial charge in [-0.3, -0.25) is 0 Å². The smallest absolute Gasteiger partial charge is 0.243 e. The molecule has 1 unspecified atom stereocenters. The lowest BCUT2D eigenvalue weighted by molar-refractivity contribution is 0.397. The van der Waals surface area contributed by atoms with Gasteiger partial charge in [-0.1, -0.05) is 18.2 Å². The highest BCUT2D eigenvalue weighted by Gasteiger charge is 2.37. The SMILES string of the molecule is CN(C)c1ccccc1C1CCCN1S(=O)(=O)c1ccc(F)cc1. The number of rotatable bonds is 4. The molecule has 1 saturated heterocycles. The van der Waals surface area contributed by atoms with Crippen molar-refractivity contribution in [1.29, 1.82) is 0 Å². The first-order valence-electron chi connectivity index (χ1n) is 7.95. The summed E-state index contributed by atoms with van der Waals surface area (Å²) in [6.45, 7) is 0.478. The Morgan fingerprint density at radius 2 is 1.75 bits per heavy atom. The van der Waals surface area contributed by atoms with E-state index in [0.717, 1.165) is 24.1 Å². The Morgan fingerprint density at radius 3 is 2.42 bits per heavy atom. The molecule has 128 valence electrons. The molecule has 3 rings (SSSR count). The molecule has 0 bridgehead atoms. The van der Waals surface area contributed by atoms with Gasteiger partial charge in [-0.25, -0.2) is 12.8 Å². The van der Waals surface area contributed by atoms with Crippen LogP contribution in [0.25, 0.3) is 0 Å². The molecule has 0 spiro atoms. The van der Waals surface area contributed by atoms with E-state index in [1.807, 2.05) is 43.3 Å². The van der Waals surface area contributed by atoms with Gasteiger partial charge in [0.2, 0.25) is 10.0 Å². The van der Waals surface area contributed by atoms with Crippen molar-refractivity contribution in [3.05, 3.63) is 59.9 Å². The standard InChI is InChI=1S/C18H21FN2O2S/c1-20(2)17-7-4-3-6-16(17)18-8-5-13-21(18)24(22,23)15-11-9-14(19)10-12-15/h3-4,6-7,9-12,18H,5,8,13H2,1-2H3. The molecule has 0 amide bonds.